The first-order valence-corrected chi connectivity index (χ1v) is 12.5. The Morgan fingerprint density at radius 1 is 1.06 bits per heavy atom. The van der Waals surface area contributed by atoms with E-state index in [1.54, 1.807) is 12.4 Å². The van der Waals surface area contributed by atoms with Crippen LogP contribution in [0, 0.1) is 0 Å². The molecule has 34 heavy (non-hydrogen) atoms. The molecular weight excluding hydrogens is 430 g/mol. The molecule has 0 aromatic carbocycles. The lowest BCUT2D eigenvalue weighted by Crippen LogP contribution is -2.41. The molecule has 0 spiro atoms. The Bertz CT molecular complexity index is 1150. The second kappa shape index (κ2) is 9.08. The number of carbonyl (C=O) groups is 1. The zero-order chi connectivity index (χ0) is 22.9. The number of nitrogens with one attached hydrogen (secondary N) is 4. The Morgan fingerprint density at radius 3 is 2.82 bits per heavy atom. The average molecular weight is 462 g/mol. The zero-order valence-electron chi connectivity index (χ0n) is 19.3. The van der Waals surface area contributed by atoms with E-state index in [9.17, 15) is 4.79 Å². The van der Waals surface area contributed by atoms with Gasteiger partial charge in [0.1, 0.15) is 11.9 Å². The molecule has 3 aliphatic rings. The summed E-state index contributed by atoms with van der Waals surface area (Å²) in [6.45, 7) is 0.753. The maximum absolute atomic E-state index is 13.0. The molecular formula is C24H31N9O. The second-order valence-electron chi connectivity index (χ2n) is 9.60. The predicted molar refractivity (Wildman–Crippen MR) is 129 cm³/mol. The Kier molecular flexibility index (Phi) is 5.64. The van der Waals surface area contributed by atoms with Gasteiger partial charge in [-0.3, -0.25) is 15.2 Å². The lowest BCUT2D eigenvalue weighted by molar-refractivity contribution is -0.117. The molecule has 178 valence electrons. The minimum Gasteiger partial charge on any atom is -0.331 e. The number of aromatic nitrogens is 6. The van der Waals surface area contributed by atoms with Crippen LogP contribution in [0.15, 0.2) is 18.5 Å². The van der Waals surface area contributed by atoms with Crippen molar-refractivity contribution in [3.05, 3.63) is 35.4 Å². The second-order valence-corrected chi connectivity index (χ2v) is 9.60. The SMILES string of the molecule is O=C(Nc1ncc[nH]1)[C@@H]1CCCN1c1nc2c(c(Nc3cc(C4CCCCC4)[nH]n3)n1)CCC2. The first kappa shape index (κ1) is 21.1. The van der Waals surface area contributed by atoms with Crippen LogP contribution in [0.4, 0.5) is 23.5 Å². The third-order valence-corrected chi connectivity index (χ3v) is 7.36. The van der Waals surface area contributed by atoms with Crippen LogP contribution in [0.5, 0.6) is 0 Å². The summed E-state index contributed by atoms with van der Waals surface area (Å²) in [5.41, 5.74) is 3.46. The number of fused-ring (bicyclic) bond motifs is 1. The van der Waals surface area contributed by atoms with E-state index in [0.29, 0.717) is 17.8 Å². The van der Waals surface area contributed by atoms with Gasteiger partial charge in [-0.2, -0.15) is 10.1 Å². The Morgan fingerprint density at radius 2 is 1.97 bits per heavy atom. The van der Waals surface area contributed by atoms with Crippen molar-refractivity contribution in [1.29, 1.82) is 0 Å². The lowest BCUT2D eigenvalue weighted by atomic mass is 9.87. The quantitative estimate of drug-likeness (QED) is 0.439. The van der Waals surface area contributed by atoms with Crippen LogP contribution in [-0.4, -0.2) is 48.6 Å². The van der Waals surface area contributed by atoms with Crippen molar-refractivity contribution in [2.24, 2.45) is 0 Å². The Hall–Kier alpha value is -3.43. The van der Waals surface area contributed by atoms with Gasteiger partial charge in [0.15, 0.2) is 5.82 Å². The molecule has 0 unspecified atom stereocenters. The number of nitrogens with zero attached hydrogens (tertiary/aromatic N) is 5. The third kappa shape index (κ3) is 4.12. The first-order chi connectivity index (χ1) is 16.7. The van der Waals surface area contributed by atoms with Crippen molar-refractivity contribution in [2.45, 2.75) is 76.2 Å². The van der Waals surface area contributed by atoms with Crippen LogP contribution in [0.2, 0.25) is 0 Å². The smallest absolute Gasteiger partial charge is 0.249 e. The van der Waals surface area contributed by atoms with E-state index in [0.717, 1.165) is 56.0 Å². The van der Waals surface area contributed by atoms with Crippen LogP contribution in [-0.2, 0) is 17.6 Å². The van der Waals surface area contributed by atoms with Gasteiger partial charge in [-0.1, -0.05) is 19.3 Å². The van der Waals surface area contributed by atoms with Gasteiger partial charge in [-0.15, -0.1) is 0 Å². The van der Waals surface area contributed by atoms with Gasteiger partial charge in [0.05, 0.1) is 5.69 Å². The Labute approximate surface area is 198 Å². The highest BCUT2D eigenvalue weighted by molar-refractivity contribution is 5.95. The number of H-pyrrole nitrogens is 2. The van der Waals surface area contributed by atoms with E-state index in [1.165, 1.54) is 43.4 Å². The van der Waals surface area contributed by atoms with E-state index in [2.05, 4.69) is 36.9 Å². The monoisotopic (exact) mass is 461 g/mol. The molecule has 10 heteroatoms. The molecule has 4 heterocycles. The summed E-state index contributed by atoms with van der Waals surface area (Å²) in [7, 11) is 0. The van der Waals surface area contributed by atoms with Gasteiger partial charge in [0, 0.05) is 42.2 Å². The highest BCUT2D eigenvalue weighted by Gasteiger charge is 2.34. The van der Waals surface area contributed by atoms with Gasteiger partial charge >= 0.3 is 0 Å². The predicted octanol–water partition coefficient (Wildman–Crippen LogP) is 3.81. The number of carbonyl (C=O) groups excluding carboxylic acids is 1. The van der Waals surface area contributed by atoms with Gasteiger partial charge in [0.25, 0.3) is 0 Å². The van der Waals surface area contributed by atoms with Crippen LogP contribution in [0.3, 0.4) is 0 Å². The number of rotatable bonds is 6. The molecule has 10 nitrogen and oxygen atoms in total. The zero-order valence-corrected chi connectivity index (χ0v) is 19.3. The third-order valence-electron chi connectivity index (χ3n) is 7.36. The van der Waals surface area contributed by atoms with Crippen LogP contribution < -0.4 is 15.5 Å². The Balaban J connectivity index is 1.24. The summed E-state index contributed by atoms with van der Waals surface area (Å²) >= 11 is 0. The average Bonchev–Trinajstić information content (AvgIpc) is 3.67. The summed E-state index contributed by atoms with van der Waals surface area (Å²) in [4.78, 5) is 31.8. The van der Waals surface area contributed by atoms with Crippen molar-refractivity contribution in [1.82, 2.24) is 30.1 Å². The molecule has 1 aliphatic heterocycles. The highest BCUT2D eigenvalue weighted by Crippen LogP contribution is 2.35. The lowest BCUT2D eigenvalue weighted by Gasteiger charge is -2.24. The molecule has 1 saturated heterocycles. The molecule has 2 aliphatic carbocycles. The fourth-order valence-electron chi connectivity index (χ4n) is 5.61. The largest absolute Gasteiger partial charge is 0.331 e. The number of aryl methyl sites for hydroxylation is 1. The molecule has 0 radical (unpaired) electrons. The summed E-state index contributed by atoms with van der Waals surface area (Å²) < 4.78 is 0. The molecule has 0 bridgehead atoms. The van der Waals surface area contributed by atoms with Crippen molar-refractivity contribution in [3.63, 3.8) is 0 Å². The normalized spacial score (nSPS) is 20.5. The summed E-state index contributed by atoms with van der Waals surface area (Å²) in [6, 6.07) is 1.81. The number of amides is 1. The van der Waals surface area contributed by atoms with E-state index in [-0.39, 0.29) is 11.9 Å². The van der Waals surface area contributed by atoms with E-state index >= 15 is 0 Å². The van der Waals surface area contributed by atoms with Crippen LogP contribution in [0.25, 0.3) is 0 Å². The van der Waals surface area contributed by atoms with Crippen molar-refractivity contribution >= 4 is 29.4 Å². The molecule has 1 atom stereocenters. The fraction of sp³-hybridized carbons (Fsp3) is 0.542. The van der Waals surface area contributed by atoms with Crippen molar-refractivity contribution in [3.8, 4) is 0 Å². The van der Waals surface area contributed by atoms with Gasteiger partial charge < -0.3 is 15.2 Å². The van der Waals surface area contributed by atoms with Crippen LogP contribution in [0.1, 0.15) is 74.2 Å². The highest BCUT2D eigenvalue weighted by atomic mass is 16.2. The maximum Gasteiger partial charge on any atom is 0.249 e. The van der Waals surface area contributed by atoms with E-state index < -0.39 is 0 Å². The molecule has 2 fully saturated rings. The summed E-state index contributed by atoms with van der Waals surface area (Å²) in [5.74, 6) is 3.17. The van der Waals surface area contributed by atoms with Crippen LogP contribution >= 0.6 is 0 Å². The first-order valence-electron chi connectivity index (χ1n) is 12.5. The van der Waals surface area contributed by atoms with Gasteiger partial charge in [0.2, 0.25) is 17.8 Å². The molecule has 6 rings (SSSR count). The van der Waals surface area contributed by atoms with Crippen molar-refractivity contribution < 1.29 is 4.79 Å². The summed E-state index contributed by atoms with van der Waals surface area (Å²) in [5, 5.41) is 14.1. The topological polar surface area (TPSA) is 128 Å². The minimum atomic E-state index is -0.319. The number of anilines is 4. The number of aromatic amines is 2. The van der Waals surface area contributed by atoms with Gasteiger partial charge in [-0.25, -0.2) is 9.97 Å². The van der Waals surface area contributed by atoms with E-state index in [1.807, 2.05) is 4.90 Å². The molecule has 1 saturated carbocycles. The number of hydrogen-bond acceptors (Lipinski definition) is 7. The molecule has 3 aromatic heterocycles. The van der Waals surface area contributed by atoms with Crippen molar-refractivity contribution in [2.75, 3.05) is 22.1 Å². The number of hydrogen-bond donors (Lipinski definition) is 4. The number of imidazole rings is 1. The standard InChI is InChI=1S/C24H31N9O/c34-22(30-23-25-11-12-26-23)19-10-5-13-33(19)24-27-17-9-4-8-16(17)21(29-24)28-20-14-18(31-32-20)15-6-2-1-3-7-15/h11-12,14-15,19H,1-10,13H2,(H2,25,26,30,34)(H2,27,28,29,31,32)/t19-/m0/s1. The molecule has 3 aromatic rings. The van der Waals surface area contributed by atoms with Gasteiger partial charge in [-0.05, 0) is 44.9 Å². The maximum atomic E-state index is 13.0. The van der Waals surface area contributed by atoms with E-state index in [4.69, 9.17) is 9.97 Å². The fourth-order valence-corrected chi connectivity index (χ4v) is 5.61. The summed E-state index contributed by atoms with van der Waals surface area (Å²) in [6.07, 6.45) is 14.3. The minimum absolute atomic E-state index is 0.0875. The molecule has 1 amide bonds. The molecule has 4 N–H and O–H groups in total.